The number of nitro benzene ring substituents is 1. The second-order valence-corrected chi connectivity index (χ2v) is 6.94. The van der Waals surface area contributed by atoms with E-state index >= 15 is 0 Å². The van der Waals surface area contributed by atoms with Gasteiger partial charge in [0.15, 0.2) is 0 Å². The van der Waals surface area contributed by atoms with Crippen LogP contribution in [0.5, 0.6) is 5.75 Å². The molecule has 0 aliphatic carbocycles. The van der Waals surface area contributed by atoms with Crippen LogP contribution in [0.15, 0.2) is 54.7 Å². The predicted octanol–water partition coefficient (Wildman–Crippen LogP) is 2.96. The zero-order chi connectivity index (χ0) is 21.1. The van der Waals surface area contributed by atoms with E-state index in [1.54, 1.807) is 24.1 Å². The van der Waals surface area contributed by atoms with Crippen molar-refractivity contribution in [2.75, 3.05) is 38.2 Å². The smallest absolute Gasteiger partial charge is 0.269 e. The summed E-state index contributed by atoms with van der Waals surface area (Å²) in [6, 6.07) is 13.9. The molecule has 0 saturated carbocycles. The van der Waals surface area contributed by atoms with Crippen molar-refractivity contribution in [2.45, 2.75) is 0 Å². The Hall–Kier alpha value is -3.88. The molecule has 154 valence electrons. The molecule has 0 unspecified atom stereocenters. The number of ether oxygens (including phenoxy) is 1. The number of aromatic amines is 1. The van der Waals surface area contributed by atoms with Crippen LogP contribution in [-0.4, -0.2) is 59.2 Å². The van der Waals surface area contributed by atoms with Gasteiger partial charge in [0.05, 0.1) is 29.5 Å². The maximum absolute atomic E-state index is 13.1. The zero-order valence-corrected chi connectivity index (χ0v) is 16.4. The van der Waals surface area contributed by atoms with E-state index in [0.717, 1.165) is 24.5 Å². The van der Waals surface area contributed by atoms with Crippen LogP contribution in [0, 0.1) is 10.1 Å². The SMILES string of the molecule is COc1ccc(N2CCN(C(=O)c3cn[nH]c3-c3ccc([N+](=O)[O-])cc3)CC2)cc1. The van der Waals surface area contributed by atoms with Crippen LogP contribution < -0.4 is 9.64 Å². The first kappa shape index (κ1) is 19.4. The summed E-state index contributed by atoms with van der Waals surface area (Å²) >= 11 is 0. The number of nitro groups is 1. The summed E-state index contributed by atoms with van der Waals surface area (Å²) in [4.78, 5) is 27.5. The number of benzene rings is 2. The van der Waals surface area contributed by atoms with Crippen molar-refractivity contribution in [3.05, 3.63) is 70.4 Å². The zero-order valence-electron chi connectivity index (χ0n) is 16.4. The van der Waals surface area contributed by atoms with E-state index in [1.165, 1.54) is 18.3 Å². The summed E-state index contributed by atoms with van der Waals surface area (Å²) in [6.07, 6.45) is 1.51. The number of aromatic nitrogens is 2. The average Bonchev–Trinajstić information content (AvgIpc) is 3.29. The second-order valence-electron chi connectivity index (χ2n) is 6.94. The van der Waals surface area contributed by atoms with Gasteiger partial charge in [0.25, 0.3) is 11.6 Å². The van der Waals surface area contributed by atoms with Gasteiger partial charge in [-0.25, -0.2) is 0 Å². The molecule has 2 heterocycles. The Kier molecular flexibility index (Phi) is 5.34. The highest BCUT2D eigenvalue weighted by molar-refractivity contribution is 5.99. The van der Waals surface area contributed by atoms with Gasteiger partial charge in [-0.1, -0.05) is 0 Å². The standard InChI is InChI=1S/C21H21N5O4/c1-30-18-8-6-16(7-9-18)24-10-12-25(13-11-24)21(27)19-14-22-23-20(19)15-2-4-17(5-3-15)26(28)29/h2-9,14H,10-13H2,1H3,(H,22,23). The fourth-order valence-corrected chi connectivity index (χ4v) is 3.55. The summed E-state index contributed by atoms with van der Waals surface area (Å²) in [5.41, 5.74) is 2.80. The van der Waals surface area contributed by atoms with Crippen molar-refractivity contribution in [3.8, 4) is 17.0 Å². The number of carbonyl (C=O) groups excluding carboxylic acids is 1. The van der Waals surface area contributed by atoms with E-state index in [-0.39, 0.29) is 11.6 Å². The minimum absolute atomic E-state index is 0.000737. The van der Waals surface area contributed by atoms with E-state index in [4.69, 9.17) is 4.74 Å². The number of non-ortho nitro benzene ring substituents is 1. The topological polar surface area (TPSA) is 105 Å². The third-order valence-corrected chi connectivity index (χ3v) is 5.24. The Bertz CT molecular complexity index is 1040. The fraction of sp³-hybridized carbons (Fsp3) is 0.238. The van der Waals surface area contributed by atoms with Crippen molar-refractivity contribution in [1.82, 2.24) is 15.1 Å². The molecule has 3 aromatic rings. The molecule has 0 radical (unpaired) electrons. The van der Waals surface area contributed by atoms with Crippen LogP contribution >= 0.6 is 0 Å². The predicted molar refractivity (Wildman–Crippen MR) is 112 cm³/mol. The Morgan fingerprint density at radius 1 is 1.07 bits per heavy atom. The second kappa shape index (κ2) is 8.24. The van der Waals surface area contributed by atoms with Crippen molar-refractivity contribution in [2.24, 2.45) is 0 Å². The quantitative estimate of drug-likeness (QED) is 0.515. The van der Waals surface area contributed by atoms with Crippen LogP contribution in [-0.2, 0) is 0 Å². The van der Waals surface area contributed by atoms with Crippen molar-refractivity contribution < 1.29 is 14.5 Å². The molecule has 1 saturated heterocycles. The van der Waals surface area contributed by atoms with Gasteiger partial charge in [0.2, 0.25) is 0 Å². The summed E-state index contributed by atoms with van der Waals surface area (Å²) in [6.45, 7) is 2.64. The number of nitrogens with zero attached hydrogens (tertiary/aromatic N) is 4. The van der Waals surface area contributed by atoms with Crippen LogP contribution in [0.2, 0.25) is 0 Å². The Morgan fingerprint density at radius 2 is 1.73 bits per heavy atom. The number of carbonyl (C=O) groups is 1. The van der Waals surface area contributed by atoms with Crippen molar-refractivity contribution in [1.29, 1.82) is 0 Å². The first-order valence-electron chi connectivity index (χ1n) is 9.53. The van der Waals surface area contributed by atoms with Crippen molar-refractivity contribution >= 4 is 17.3 Å². The van der Waals surface area contributed by atoms with E-state index in [0.29, 0.717) is 29.9 Å². The number of methoxy groups -OCH3 is 1. The fourth-order valence-electron chi connectivity index (χ4n) is 3.55. The minimum Gasteiger partial charge on any atom is -0.497 e. The Balaban J connectivity index is 1.45. The van der Waals surface area contributed by atoms with Gasteiger partial charge >= 0.3 is 0 Å². The molecule has 9 heteroatoms. The molecule has 2 aromatic carbocycles. The minimum atomic E-state index is -0.453. The van der Waals surface area contributed by atoms with Gasteiger partial charge in [-0.15, -0.1) is 0 Å². The molecule has 1 aliphatic heterocycles. The number of anilines is 1. The van der Waals surface area contributed by atoms with Crippen molar-refractivity contribution in [3.63, 3.8) is 0 Å². The average molecular weight is 407 g/mol. The maximum Gasteiger partial charge on any atom is 0.269 e. The lowest BCUT2D eigenvalue weighted by Gasteiger charge is -2.36. The lowest BCUT2D eigenvalue weighted by molar-refractivity contribution is -0.384. The van der Waals surface area contributed by atoms with Crippen LogP contribution in [0.25, 0.3) is 11.3 Å². The third-order valence-electron chi connectivity index (χ3n) is 5.24. The van der Waals surface area contributed by atoms with Gasteiger partial charge < -0.3 is 14.5 Å². The van der Waals surface area contributed by atoms with Crippen LogP contribution in [0.1, 0.15) is 10.4 Å². The first-order chi connectivity index (χ1) is 14.6. The largest absolute Gasteiger partial charge is 0.497 e. The number of hydrogen-bond acceptors (Lipinski definition) is 6. The molecule has 4 rings (SSSR count). The number of hydrogen-bond donors (Lipinski definition) is 1. The lowest BCUT2D eigenvalue weighted by Crippen LogP contribution is -2.48. The van der Waals surface area contributed by atoms with Crippen LogP contribution in [0.3, 0.4) is 0 Å². The molecule has 0 atom stereocenters. The number of rotatable bonds is 5. The maximum atomic E-state index is 13.1. The van der Waals surface area contributed by atoms with Gasteiger partial charge in [0, 0.05) is 49.6 Å². The molecular weight excluding hydrogens is 386 g/mol. The number of nitrogens with one attached hydrogen (secondary N) is 1. The molecule has 9 nitrogen and oxygen atoms in total. The lowest BCUT2D eigenvalue weighted by atomic mass is 10.1. The highest BCUT2D eigenvalue weighted by Gasteiger charge is 2.25. The normalized spacial score (nSPS) is 13.9. The molecule has 1 fully saturated rings. The highest BCUT2D eigenvalue weighted by atomic mass is 16.6. The highest BCUT2D eigenvalue weighted by Crippen LogP contribution is 2.26. The summed E-state index contributed by atoms with van der Waals surface area (Å²) in [7, 11) is 1.64. The number of H-pyrrole nitrogens is 1. The summed E-state index contributed by atoms with van der Waals surface area (Å²) in [5, 5.41) is 17.7. The molecule has 0 spiro atoms. The first-order valence-corrected chi connectivity index (χ1v) is 9.53. The van der Waals surface area contributed by atoms with E-state index in [2.05, 4.69) is 15.1 Å². The van der Waals surface area contributed by atoms with E-state index < -0.39 is 4.92 Å². The van der Waals surface area contributed by atoms with Gasteiger partial charge in [-0.05, 0) is 36.4 Å². The molecule has 30 heavy (non-hydrogen) atoms. The van der Waals surface area contributed by atoms with E-state index in [1.807, 2.05) is 24.3 Å². The van der Waals surface area contributed by atoms with Gasteiger partial charge in [0.1, 0.15) is 5.75 Å². The van der Waals surface area contributed by atoms with Gasteiger partial charge in [-0.2, -0.15) is 5.10 Å². The molecular formula is C21H21N5O4. The van der Waals surface area contributed by atoms with E-state index in [9.17, 15) is 14.9 Å². The molecule has 1 N–H and O–H groups in total. The van der Waals surface area contributed by atoms with Crippen LogP contribution in [0.4, 0.5) is 11.4 Å². The summed E-state index contributed by atoms with van der Waals surface area (Å²) in [5.74, 6) is 0.706. The number of amides is 1. The Morgan fingerprint density at radius 3 is 2.33 bits per heavy atom. The third kappa shape index (κ3) is 3.82. The Labute approximate surface area is 173 Å². The monoisotopic (exact) mass is 407 g/mol. The summed E-state index contributed by atoms with van der Waals surface area (Å²) < 4.78 is 5.20. The molecule has 0 bridgehead atoms. The molecule has 1 amide bonds. The molecule has 1 aromatic heterocycles. The van der Waals surface area contributed by atoms with Gasteiger partial charge in [-0.3, -0.25) is 20.0 Å². The molecule has 1 aliphatic rings. The number of piperazine rings is 1.